The number of nitriles is 1. The summed E-state index contributed by atoms with van der Waals surface area (Å²) in [5, 5.41) is 8.46. The maximum absolute atomic E-state index is 12.5. The summed E-state index contributed by atoms with van der Waals surface area (Å²) < 4.78 is 31.5. The quantitative estimate of drug-likeness (QED) is 0.537. The van der Waals surface area contributed by atoms with Crippen molar-refractivity contribution < 1.29 is 17.9 Å². The molecule has 23 heavy (non-hydrogen) atoms. The van der Waals surface area contributed by atoms with Crippen LogP contribution < -0.4 is 0 Å². The molecule has 0 spiro atoms. The van der Waals surface area contributed by atoms with E-state index in [9.17, 15) is 13.2 Å². The molecular weight excluding hydrogens is 316 g/mol. The number of aryl methyl sites for hydroxylation is 1. The topological polar surface area (TPSA) is 87.5 Å². The highest BCUT2D eigenvalue weighted by Gasteiger charge is 2.23. The third kappa shape index (κ3) is 4.78. The molecule has 0 unspecified atom stereocenters. The smallest absolute Gasteiger partial charge is 0.338 e. The molecule has 6 nitrogen and oxygen atoms in total. The van der Waals surface area contributed by atoms with Crippen molar-refractivity contribution in [1.29, 1.82) is 5.26 Å². The van der Waals surface area contributed by atoms with Crippen LogP contribution in [0, 0.1) is 18.3 Å². The Bertz CT molecular complexity index is 689. The molecule has 0 fully saturated rings. The number of hydrogen-bond donors (Lipinski definition) is 0. The molecule has 0 aliphatic carbocycles. The number of carbonyl (C=O) groups excluding carboxylic acids is 1. The van der Waals surface area contributed by atoms with Crippen LogP contribution in [0.3, 0.4) is 0 Å². The minimum atomic E-state index is -3.62. The van der Waals surface area contributed by atoms with E-state index >= 15 is 0 Å². The van der Waals surface area contributed by atoms with Gasteiger partial charge in [0.1, 0.15) is 0 Å². The lowest BCUT2D eigenvalue weighted by Gasteiger charge is -2.19. The summed E-state index contributed by atoms with van der Waals surface area (Å²) in [7, 11) is -3.62. The van der Waals surface area contributed by atoms with Crippen LogP contribution in [-0.4, -0.2) is 38.4 Å². The minimum absolute atomic E-state index is 0.0794. The Balaban J connectivity index is 3.04. The van der Waals surface area contributed by atoms with Gasteiger partial charge < -0.3 is 4.74 Å². The van der Waals surface area contributed by atoms with Gasteiger partial charge in [0.05, 0.1) is 23.1 Å². The summed E-state index contributed by atoms with van der Waals surface area (Å²) in [6.07, 6.45) is 0.765. The molecule has 0 heterocycles. The molecule has 0 aliphatic heterocycles. The first-order valence-electron chi connectivity index (χ1n) is 7.53. The largest absolute Gasteiger partial charge is 0.462 e. The van der Waals surface area contributed by atoms with Gasteiger partial charge >= 0.3 is 5.97 Å². The van der Waals surface area contributed by atoms with Crippen LogP contribution in [0.2, 0.25) is 0 Å². The normalized spacial score (nSPS) is 11.3. The summed E-state index contributed by atoms with van der Waals surface area (Å²) >= 11 is 0. The van der Waals surface area contributed by atoms with Gasteiger partial charge in [0, 0.05) is 19.5 Å². The standard InChI is InChI=1S/C16H22N2O4S/c1-4-18(5-2)23(20,21)14-9-8-13(3)15(12-14)16(19)22-11-7-6-10-17/h8-9,12H,4-7,11H2,1-3H3. The van der Waals surface area contributed by atoms with Crippen molar-refractivity contribution in [2.45, 2.75) is 38.5 Å². The van der Waals surface area contributed by atoms with E-state index in [1.54, 1.807) is 26.8 Å². The number of unbranched alkanes of at least 4 members (excludes halogenated alkanes) is 1. The third-order valence-electron chi connectivity index (χ3n) is 3.44. The maximum atomic E-state index is 12.5. The molecule has 0 saturated carbocycles. The Morgan fingerprint density at radius 2 is 1.96 bits per heavy atom. The Morgan fingerprint density at radius 1 is 1.30 bits per heavy atom. The zero-order valence-corrected chi connectivity index (χ0v) is 14.5. The number of esters is 1. The van der Waals surface area contributed by atoms with Crippen LogP contribution in [0.25, 0.3) is 0 Å². The van der Waals surface area contributed by atoms with Gasteiger partial charge in [0.25, 0.3) is 0 Å². The number of hydrogen-bond acceptors (Lipinski definition) is 5. The zero-order chi connectivity index (χ0) is 17.5. The van der Waals surface area contributed by atoms with Crippen molar-refractivity contribution in [2.75, 3.05) is 19.7 Å². The third-order valence-corrected chi connectivity index (χ3v) is 5.48. The van der Waals surface area contributed by atoms with Crippen LogP contribution in [0.5, 0.6) is 0 Å². The Labute approximate surface area is 137 Å². The van der Waals surface area contributed by atoms with Crippen LogP contribution in [0.1, 0.15) is 42.6 Å². The lowest BCUT2D eigenvalue weighted by atomic mass is 10.1. The fourth-order valence-electron chi connectivity index (χ4n) is 2.09. The van der Waals surface area contributed by atoms with Gasteiger partial charge in [-0.25, -0.2) is 13.2 Å². The Kier molecular flexibility index (Phi) is 7.20. The van der Waals surface area contributed by atoms with Crippen LogP contribution in [0.4, 0.5) is 0 Å². The van der Waals surface area contributed by atoms with Gasteiger partial charge in [-0.3, -0.25) is 0 Å². The molecule has 1 rings (SSSR count). The highest BCUT2D eigenvalue weighted by atomic mass is 32.2. The molecule has 1 aromatic carbocycles. The number of benzene rings is 1. The van der Waals surface area contributed by atoms with Crippen molar-refractivity contribution in [3.63, 3.8) is 0 Å². The summed E-state index contributed by atoms with van der Waals surface area (Å²) in [5.74, 6) is -0.572. The number of nitrogens with zero attached hydrogens (tertiary/aromatic N) is 2. The number of carbonyl (C=O) groups is 1. The first-order chi connectivity index (χ1) is 10.9. The highest BCUT2D eigenvalue weighted by Crippen LogP contribution is 2.20. The van der Waals surface area contributed by atoms with Crippen molar-refractivity contribution in [3.05, 3.63) is 29.3 Å². The SMILES string of the molecule is CCN(CC)S(=O)(=O)c1ccc(C)c(C(=O)OCCCC#N)c1. The Hall–Kier alpha value is -1.91. The molecule has 0 aromatic heterocycles. The van der Waals surface area contributed by atoms with Crippen LogP contribution >= 0.6 is 0 Å². The second-order valence-corrected chi connectivity index (χ2v) is 6.90. The molecule has 0 atom stereocenters. The van der Waals surface area contributed by atoms with Gasteiger partial charge in [-0.05, 0) is 31.0 Å². The van der Waals surface area contributed by atoms with Gasteiger partial charge in [-0.2, -0.15) is 9.57 Å². The average molecular weight is 338 g/mol. The average Bonchev–Trinajstić information content (AvgIpc) is 2.52. The summed E-state index contributed by atoms with van der Waals surface area (Å²) in [5.41, 5.74) is 0.879. The van der Waals surface area contributed by atoms with Gasteiger partial charge in [0.2, 0.25) is 10.0 Å². The number of sulfonamides is 1. The predicted molar refractivity (Wildman–Crippen MR) is 86.4 cm³/mol. The summed E-state index contributed by atoms with van der Waals surface area (Å²) in [4.78, 5) is 12.2. The molecule has 0 radical (unpaired) electrons. The second-order valence-electron chi connectivity index (χ2n) is 4.96. The van der Waals surface area contributed by atoms with E-state index in [0.29, 0.717) is 31.5 Å². The molecule has 0 saturated heterocycles. The fourth-order valence-corrected chi connectivity index (χ4v) is 3.57. The number of ether oxygens (including phenoxy) is 1. The molecular formula is C16H22N2O4S. The van der Waals surface area contributed by atoms with Crippen molar-refractivity contribution in [3.8, 4) is 6.07 Å². The van der Waals surface area contributed by atoms with E-state index in [4.69, 9.17) is 10.00 Å². The molecule has 0 amide bonds. The predicted octanol–water partition coefficient (Wildman–Crippen LogP) is 2.49. The molecule has 1 aromatic rings. The van der Waals surface area contributed by atoms with E-state index in [2.05, 4.69) is 0 Å². The van der Waals surface area contributed by atoms with Gasteiger partial charge in [-0.15, -0.1) is 0 Å². The van der Waals surface area contributed by atoms with Gasteiger partial charge in [0.15, 0.2) is 0 Å². The zero-order valence-electron chi connectivity index (χ0n) is 13.7. The van der Waals surface area contributed by atoms with Crippen LogP contribution in [0.15, 0.2) is 23.1 Å². The molecule has 0 N–H and O–H groups in total. The lowest BCUT2D eigenvalue weighted by Crippen LogP contribution is -2.30. The molecule has 7 heteroatoms. The highest BCUT2D eigenvalue weighted by molar-refractivity contribution is 7.89. The second kappa shape index (κ2) is 8.65. The van der Waals surface area contributed by atoms with Gasteiger partial charge in [-0.1, -0.05) is 19.9 Å². The first kappa shape index (κ1) is 19.1. The van der Waals surface area contributed by atoms with Crippen molar-refractivity contribution in [2.24, 2.45) is 0 Å². The van der Waals surface area contributed by atoms with E-state index in [1.807, 2.05) is 6.07 Å². The van der Waals surface area contributed by atoms with E-state index in [-0.39, 0.29) is 17.1 Å². The molecule has 126 valence electrons. The van der Waals surface area contributed by atoms with Crippen LogP contribution in [-0.2, 0) is 14.8 Å². The lowest BCUT2D eigenvalue weighted by molar-refractivity contribution is 0.0500. The fraction of sp³-hybridized carbons (Fsp3) is 0.500. The Morgan fingerprint density at radius 3 is 2.52 bits per heavy atom. The van der Waals surface area contributed by atoms with E-state index < -0.39 is 16.0 Å². The van der Waals surface area contributed by atoms with Crippen molar-refractivity contribution >= 4 is 16.0 Å². The molecule has 0 bridgehead atoms. The van der Waals surface area contributed by atoms with Crippen molar-refractivity contribution in [1.82, 2.24) is 4.31 Å². The molecule has 0 aliphatic rings. The minimum Gasteiger partial charge on any atom is -0.462 e. The first-order valence-corrected chi connectivity index (χ1v) is 8.97. The summed E-state index contributed by atoms with van der Waals surface area (Å²) in [6.45, 7) is 6.11. The van der Waals surface area contributed by atoms with E-state index in [0.717, 1.165) is 0 Å². The maximum Gasteiger partial charge on any atom is 0.338 e. The monoisotopic (exact) mass is 338 g/mol. The summed E-state index contributed by atoms with van der Waals surface area (Å²) in [6, 6.07) is 6.42. The van der Waals surface area contributed by atoms with E-state index in [1.165, 1.54) is 16.4 Å². The number of rotatable bonds is 8.